The van der Waals surface area contributed by atoms with Crippen molar-refractivity contribution in [2.75, 3.05) is 27.3 Å². The summed E-state index contributed by atoms with van der Waals surface area (Å²) in [6.45, 7) is 5.97. The van der Waals surface area contributed by atoms with Gasteiger partial charge in [-0.2, -0.15) is 0 Å². The first-order chi connectivity index (χ1) is 13.4. The summed E-state index contributed by atoms with van der Waals surface area (Å²) in [6, 6.07) is 7.71. The van der Waals surface area contributed by atoms with E-state index in [1.54, 1.807) is 14.2 Å². The van der Waals surface area contributed by atoms with E-state index in [0.717, 1.165) is 17.7 Å². The van der Waals surface area contributed by atoms with Crippen LogP contribution in [0.1, 0.15) is 32.3 Å². The predicted molar refractivity (Wildman–Crippen MR) is 107 cm³/mol. The molecule has 0 radical (unpaired) electrons. The highest BCUT2D eigenvalue weighted by Gasteiger charge is 2.49. The van der Waals surface area contributed by atoms with Gasteiger partial charge in [-0.3, -0.25) is 9.59 Å². The highest BCUT2D eigenvalue weighted by atomic mass is 16.5. The van der Waals surface area contributed by atoms with Gasteiger partial charge in [-0.05, 0) is 35.6 Å². The molecule has 1 fully saturated rings. The van der Waals surface area contributed by atoms with E-state index in [9.17, 15) is 9.59 Å². The van der Waals surface area contributed by atoms with Gasteiger partial charge in [0.2, 0.25) is 5.91 Å². The van der Waals surface area contributed by atoms with Crippen molar-refractivity contribution in [3.63, 3.8) is 0 Å². The van der Waals surface area contributed by atoms with Crippen molar-refractivity contribution in [2.45, 2.75) is 45.4 Å². The normalized spacial score (nSPS) is 22.2. The summed E-state index contributed by atoms with van der Waals surface area (Å²) < 4.78 is 10.7. The van der Waals surface area contributed by atoms with Crippen LogP contribution in [0.3, 0.4) is 0 Å². The van der Waals surface area contributed by atoms with Gasteiger partial charge in [-0.1, -0.05) is 32.1 Å². The summed E-state index contributed by atoms with van der Waals surface area (Å²) in [5.74, 6) is 1.38. The van der Waals surface area contributed by atoms with E-state index in [4.69, 9.17) is 9.47 Å². The van der Waals surface area contributed by atoms with Crippen LogP contribution in [0, 0.1) is 5.92 Å². The number of carbonyl (C=O) groups is 2. The Morgan fingerprint density at radius 3 is 2.46 bits per heavy atom. The van der Waals surface area contributed by atoms with Crippen LogP contribution in [0.5, 0.6) is 5.75 Å². The standard InChI is InChI=1S/C22H30N2O4/c1-15(2)13-19(25)23-11-9-17(10-12-23)20-21(28-4)22(26)24(20)14-16-5-7-18(27-3)8-6-16/h5-9,15,20-21H,10-14H2,1-4H3. The molecule has 0 spiro atoms. The lowest BCUT2D eigenvalue weighted by Gasteiger charge is -2.48. The minimum atomic E-state index is -0.428. The Kier molecular flexibility index (Phi) is 6.39. The Morgan fingerprint density at radius 2 is 1.93 bits per heavy atom. The molecule has 0 aliphatic carbocycles. The fourth-order valence-corrected chi connectivity index (χ4v) is 3.90. The van der Waals surface area contributed by atoms with Crippen molar-refractivity contribution in [3.8, 4) is 5.75 Å². The van der Waals surface area contributed by atoms with Gasteiger partial charge in [-0.15, -0.1) is 0 Å². The Balaban J connectivity index is 1.68. The number of hydrogen-bond acceptors (Lipinski definition) is 4. The summed E-state index contributed by atoms with van der Waals surface area (Å²) in [7, 11) is 3.22. The lowest BCUT2D eigenvalue weighted by Crippen LogP contribution is -2.66. The topological polar surface area (TPSA) is 59.1 Å². The molecule has 1 aromatic rings. The van der Waals surface area contributed by atoms with Gasteiger partial charge in [0.15, 0.2) is 6.10 Å². The number of likely N-dealkylation sites (tertiary alicyclic amines) is 1. The Hall–Kier alpha value is -2.34. The largest absolute Gasteiger partial charge is 0.497 e. The molecule has 2 unspecified atom stereocenters. The number of benzene rings is 1. The van der Waals surface area contributed by atoms with Crippen LogP contribution in [-0.4, -0.2) is 61.1 Å². The fourth-order valence-electron chi connectivity index (χ4n) is 3.90. The first-order valence-electron chi connectivity index (χ1n) is 9.87. The van der Waals surface area contributed by atoms with Crippen molar-refractivity contribution in [1.82, 2.24) is 9.80 Å². The molecule has 1 aromatic carbocycles. The number of nitrogens with zero attached hydrogens (tertiary/aromatic N) is 2. The summed E-state index contributed by atoms with van der Waals surface area (Å²) in [5.41, 5.74) is 2.24. The zero-order valence-electron chi connectivity index (χ0n) is 17.2. The van der Waals surface area contributed by atoms with E-state index >= 15 is 0 Å². The SMILES string of the molecule is COc1ccc(CN2C(=O)C(OC)C2C2=CCN(C(=O)CC(C)C)CC2)cc1. The summed E-state index contributed by atoms with van der Waals surface area (Å²) in [5, 5.41) is 0. The third-order valence-corrected chi connectivity index (χ3v) is 5.47. The van der Waals surface area contributed by atoms with Crippen LogP contribution < -0.4 is 4.74 Å². The van der Waals surface area contributed by atoms with Gasteiger partial charge in [0, 0.05) is 33.2 Å². The number of rotatable bonds is 7. The number of ether oxygens (including phenoxy) is 2. The van der Waals surface area contributed by atoms with Gasteiger partial charge in [-0.25, -0.2) is 0 Å². The number of amides is 2. The smallest absolute Gasteiger partial charge is 0.255 e. The average molecular weight is 386 g/mol. The zero-order chi connectivity index (χ0) is 20.3. The van der Waals surface area contributed by atoms with Crippen LogP contribution in [0.25, 0.3) is 0 Å². The van der Waals surface area contributed by atoms with Gasteiger partial charge >= 0.3 is 0 Å². The Bertz CT molecular complexity index is 741. The first-order valence-corrected chi connectivity index (χ1v) is 9.87. The van der Waals surface area contributed by atoms with Crippen LogP contribution in [-0.2, 0) is 20.9 Å². The molecule has 2 amide bonds. The molecule has 1 saturated heterocycles. The van der Waals surface area contributed by atoms with E-state index in [-0.39, 0.29) is 17.9 Å². The molecule has 0 aromatic heterocycles. The van der Waals surface area contributed by atoms with Gasteiger partial charge < -0.3 is 19.3 Å². The maximum Gasteiger partial charge on any atom is 0.255 e. The summed E-state index contributed by atoms with van der Waals surface area (Å²) >= 11 is 0. The second-order valence-electron chi connectivity index (χ2n) is 7.88. The molecule has 2 aliphatic heterocycles. The van der Waals surface area contributed by atoms with Crippen LogP contribution in [0.2, 0.25) is 0 Å². The highest BCUT2D eigenvalue weighted by Crippen LogP contribution is 2.33. The maximum atomic E-state index is 12.6. The van der Waals surface area contributed by atoms with Crippen molar-refractivity contribution in [1.29, 1.82) is 0 Å². The number of β-lactam (4-membered cyclic amide) rings is 1. The van der Waals surface area contributed by atoms with Crippen molar-refractivity contribution >= 4 is 11.8 Å². The van der Waals surface area contributed by atoms with Gasteiger partial charge in [0.1, 0.15) is 5.75 Å². The molecule has 152 valence electrons. The second-order valence-corrected chi connectivity index (χ2v) is 7.88. The van der Waals surface area contributed by atoms with Gasteiger partial charge in [0.25, 0.3) is 5.91 Å². The van der Waals surface area contributed by atoms with E-state index < -0.39 is 6.10 Å². The van der Waals surface area contributed by atoms with E-state index in [2.05, 4.69) is 19.9 Å². The molecule has 2 aliphatic rings. The molecule has 6 heteroatoms. The van der Waals surface area contributed by atoms with Crippen LogP contribution in [0.15, 0.2) is 35.9 Å². The van der Waals surface area contributed by atoms with Crippen LogP contribution >= 0.6 is 0 Å². The van der Waals surface area contributed by atoms with Crippen molar-refractivity contribution in [3.05, 3.63) is 41.5 Å². The number of carbonyl (C=O) groups excluding carboxylic acids is 2. The summed E-state index contributed by atoms with van der Waals surface area (Å²) in [6.07, 6.45) is 3.03. The monoisotopic (exact) mass is 386 g/mol. The average Bonchev–Trinajstić information content (AvgIpc) is 2.70. The third kappa shape index (κ3) is 4.22. The zero-order valence-corrected chi connectivity index (χ0v) is 17.2. The van der Waals surface area contributed by atoms with Crippen molar-refractivity contribution < 1.29 is 19.1 Å². The molecule has 6 nitrogen and oxygen atoms in total. The molecule has 0 N–H and O–H groups in total. The van der Waals surface area contributed by atoms with Gasteiger partial charge in [0.05, 0.1) is 13.2 Å². The predicted octanol–water partition coefficient (Wildman–Crippen LogP) is 2.63. The molecule has 3 rings (SSSR count). The fraction of sp³-hybridized carbons (Fsp3) is 0.545. The third-order valence-electron chi connectivity index (χ3n) is 5.47. The highest BCUT2D eigenvalue weighted by molar-refractivity contribution is 5.89. The van der Waals surface area contributed by atoms with Crippen LogP contribution in [0.4, 0.5) is 0 Å². The Morgan fingerprint density at radius 1 is 1.21 bits per heavy atom. The maximum absolute atomic E-state index is 12.6. The lowest BCUT2D eigenvalue weighted by molar-refractivity contribution is -0.168. The van der Waals surface area contributed by atoms with E-state index in [0.29, 0.717) is 32.0 Å². The molecular formula is C22H30N2O4. The molecule has 2 atom stereocenters. The molecule has 2 heterocycles. The van der Waals surface area contributed by atoms with E-state index in [1.165, 1.54) is 5.57 Å². The molecule has 0 saturated carbocycles. The quantitative estimate of drug-likeness (QED) is 0.534. The molecule has 28 heavy (non-hydrogen) atoms. The van der Waals surface area contributed by atoms with E-state index in [1.807, 2.05) is 34.1 Å². The number of methoxy groups -OCH3 is 2. The minimum Gasteiger partial charge on any atom is -0.497 e. The van der Waals surface area contributed by atoms with Crippen molar-refractivity contribution in [2.24, 2.45) is 5.92 Å². The Labute approximate surface area is 167 Å². The summed E-state index contributed by atoms with van der Waals surface area (Å²) in [4.78, 5) is 28.6. The number of hydrogen-bond donors (Lipinski definition) is 0. The second kappa shape index (κ2) is 8.78. The molecular weight excluding hydrogens is 356 g/mol. The molecule has 0 bridgehead atoms. The first kappa shape index (κ1) is 20.4. The lowest BCUT2D eigenvalue weighted by atomic mass is 9.86. The minimum absolute atomic E-state index is 0.0162.